The van der Waals surface area contributed by atoms with E-state index in [9.17, 15) is 5.11 Å². The summed E-state index contributed by atoms with van der Waals surface area (Å²) < 4.78 is 5.26. The Hall–Kier alpha value is -0.670. The van der Waals surface area contributed by atoms with Crippen LogP contribution in [0.3, 0.4) is 0 Å². The van der Waals surface area contributed by atoms with E-state index in [1.54, 1.807) is 18.9 Å². The molecule has 16 heavy (non-hydrogen) atoms. The molecule has 0 heterocycles. The lowest BCUT2D eigenvalue weighted by Gasteiger charge is -2.16. The van der Waals surface area contributed by atoms with Crippen LogP contribution in [0.4, 0.5) is 0 Å². The van der Waals surface area contributed by atoms with Crippen molar-refractivity contribution < 1.29 is 9.84 Å². The summed E-state index contributed by atoms with van der Waals surface area (Å²) in [6.07, 6.45) is 2.49. The van der Waals surface area contributed by atoms with Crippen molar-refractivity contribution in [3.8, 4) is 5.75 Å². The molecule has 1 aromatic rings. The molecule has 3 heteroatoms. The topological polar surface area (TPSA) is 29.5 Å². The second-order valence-corrected chi connectivity index (χ2v) is 4.89. The highest BCUT2D eigenvalue weighted by molar-refractivity contribution is 7.98. The van der Waals surface area contributed by atoms with Crippen LogP contribution in [0.15, 0.2) is 12.1 Å². The summed E-state index contributed by atoms with van der Waals surface area (Å²) in [6, 6.07) is 3.89. The molecule has 2 nitrogen and oxygen atoms in total. The molecule has 0 aliphatic heterocycles. The minimum absolute atomic E-state index is 0.364. The normalized spacial score (nSPS) is 12.6. The van der Waals surface area contributed by atoms with E-state index in [4.69, 9.17) is 4.74 Å². The number of ether oxygens (including phenoxy) is 1. The largest absolute Gasteiger partial charge is 0.496 e. The maximum Gasteiger partial charge on any atom is 0.122 e. The third kappa shape index (κ3) is 2.92. The van der Waals surface area contributed by atoms with Gasteiger partial charge in [0.25, 0.3) is 0 Å². The average Bonchev–Trinajstić information content (AvgIpc) is 2.29. The Morgan fingerprint density at radius 2 is 2.00 bits per heavy atom. The molecule has 0 aliphatic carbocycles. The van der Waals surface area contributed by atoms with Crippen LogP contribution in [0.25, 0.3) is 0 Å². The highest BCUT2D eigenvalue weighted by Gasteiger charge is 2.13. The van der Waals surface area contributed by atoms with Crippen molar-refractivity contribution in [1.29, 1.82) is 0 Å². The maximum absolute atomic E-state index is 10.1. The van der Waals surface area contributed by atoms with Crippen molar-refractivity contribution in [2.24, 2.45) is 0 Å². The van der Waals surface area contributed by atoms with E-state index in [1.165, 1.54) is 0 Å². The standard InChI is InChI=1S/C13H20O2S/c1-9-10(2)13(15-3)6-5-11(9)12(14)7-8-16-4/h5-6,12,14H,7-8H2,1-4H3. The van der Waals surface area contributed by atoms with E-state index in [1.807, 2.05) is 26.0 Å². The van der Waals surface area contributed by atoms with E-state index in [2.05, 4.69) is 6.26 Å². The number of aliphatic hydroxyl groups is 1. The summed E-state index contributed by atoms with van der Waals surface area (Å²) >= 11 is 1.76. The Labute approximate surface area is 102 Å². The van der Waals surface area contributed by atoms with Crippen LogP contribution in [-0.2, 0) is 0 Å². The third-order valence-electron chi connectivity index (χ3n) is 2.95. The minimum Gasteiger partial charge on any atom is -0.496 e. The predicted molar refractivity (Wildman–Crippen MR) is 70.4 cm³/mol. The molecule has 0 bridgehead atoms. The van der Waals surface area contributed by atoms with Gasteiger partial charge in [0.05, 0.1) is 13.2 Å². The zero-order valence-electron chi connectivity index (χ0n) is 10.4. The van der Waals surface area contributed by atoms with E-state index < -0.39 is 0 Å². The van der Waals surface area contributed by atoms with Crippen molar-refractivity contribution in [1.82, 2.24) is 0 Å². The first kappa shape index (κ1) is 13.4. The third-order valence-corrected chi connectivity index (χ3v) is 3.60. The molecule has 90 valence electrons. The first-order valence-electron chi connectivity index (χ1n) is 5.43. The number of hydrogen-bond acceptors (Lipinski definition) is 3. The van der Waals surface area contributed by atoms with E-state index in [0.29, 0.717) is 0 Å². The molecule has 0 aliphatic rings. The highest BCUT2D eigenvalue weighted by Crippen LogP contribution is 2.29. The van der Waals surface area contributed by atoms with Gasteiger partial charge in [0.2, 0.25) is 0 Å². The fraction of sp³-hybridized carbons (Fsp3) is 0.538. The van der Waals surface area contributed by atoms with Crippen LogP contribution in [0.5, 0.6) is 5.75 Å². The SMILES string of the molecule is COc1ccc(C(O)CCSC)c(C)c1C. The first-order chi connectivity index (χ1) is 7.61. The predicted octanol–water partition coefficient (Wildman–Crippen LogP) is 3.10. The van der Waals surface area contributed by atoms with Crippen LogP contribution in [-0.4, -0.2) is 24.2 Å². The number of thioether (sulfide) groups is 1. The molecule has 1 N–H and O–H groups in total. The summed E-state index contributed by atoms with van der Waals surface area (Å²) in [6.45, 7) is 4.06. The molecule has 0 radical (unpaired) electrons. The summed E-state index contributed by atoms with van der Waals surface area (Å²) in [5.41, 5.74) is 3.27. The number of rotatable bonds is 5. The molecule has 1 rings (SSSR count). The molecule has 1 atom stereocenters. The first-order valence-corrected chi connectivity index (χ1v) is 6.82. The lowest BCUT2D eigenvalue weighted by molar-refractivity contribution is 0.174. The van der Waals surface area contributed by atoms with Gasteiger partial charge in [0.1, 0.15) is 5.75 Å². The Bertz CT molecular complexity index is 350. The summed E-state index contributed by atoms with van der Waals surface area (Å²) in [4.78, 5) is 0. The fourth-order valence-corrected chi connectivity index (χ4v) is 2.24. The van der Waals surface area contributed by atoms with Gasteiger partial charge >= 0.3 is 0 Å². The Balaban J connectivity index is 2.93. The van der Waals surface area contributed by atoms with Crippen molar-refractivity contribution in [2.75, 3.05) is 19.1 Å². The average molecular weight is 240 g/mol. The summed E-state index contributed by atoms with van der Waals surface area (Å²) in [7, 11) is 1.67. The van der Waals surface area contributed by atoms with Gasteiger partial charge in [-0.05, 0) is 55.0 Å². The lowest BCUT2D eigenvalue weighted by atomic mass is 9.97. The number of hydrogen-bond donors (Lipinski definition) is 1. The molecule has 0 saturated heterocycles. The van der Waals surface area contributed by atoms with Gasteiger partial charge in [0, 0.05) is 0 Å². The van der Waals surface area contributed by atoms with Crippen molar-refractivity contribution in [3.63, 3.8) is 0 Å². The molecule has 1 aromatic carbocycles. The van der Waals surface area contributed by atoms with Crippen molar-refractivity contribution in [3.05, 3.63) is 28.8 Å². The van der Waals surface area contributed by atoms with Crippen LogP contribution < -0.4 is 4.74 Å². The zero-order valence-corrected chi connectivity index (χ0v) is 11.2. The van der Waals surface area contributed by atoms with Crippen molar-refractivity contribution >= 4 is 11.8 Å². The van der Waals surface area contributed by atoms with Gasteiger partial charge < -0.3 is 9.84 Å². The second-order valence-electron chi connectivity index (χ2n) is 3.90. The van der Waals surface area contributed by atoms with Gasteiger partial charge in [-0.2, -0.15) is 11.8 Å². The molecular weight excluding hydrogens is 220 g/mol. The second kappa shape index (κ2) is 6.16. The quantitative estimate of drug-likeness (QED) is 0.857. The fourth-order valence-electron chi connectivity index (χ4n) is 1.78. The van der Waals surface area contributed by atoms with Gasteiger partial charge in [-0.15, -0.1) is 0 Å². The number of benzene rings is 1. The monoisotopic (exact) mass is 240 g/mol. The zero-order chi connectivity index (χ0) is 12.1. The molecule has 0 aromatic heterocycles. The lowest BCUT2D eigenvalue weighted by Crippen LogP contribution is -2.03. The molecule has 0 fully saturated rings. The molecule has 0 saturated carbocycles. The van der Waals surface area contributed by atoms with Gasteiger partial charge in [-0.25, -0.2) is 0 Å². The molecule has 1 unspecified atom stereocenters. The molecule has 0 amide bonds. The van der Waals surface area contributed by atoms with Gasteiger partial charge in [-0.1, -0.05) is 6.07 Å². The van der Waals surface area contributed by atoms with Crippen LogP contribution >= 0.6 is 11.8 Å². The summed E-state index contributed by atoms with van der Waals surface area (Å²) in [5, 5.41) is 10.1. The van der Waals surface area contributed by atoms with Gasteiger partial charge in [-0.3, -0.25) is 0 Å². The number of methoxy groups -OCH3 is 1. The highest BCUT2D eigenvalue weighted by atomic mass is 32.2. The Morgan fingerprint density at radius 1 is 1.31 bits per heavy atom. The van der Waals surface area contributed by atoms with Gasteiger partial charge in [0.15, 0.2) is 0 Å². The number of aliphatic hydroxyl groups excluding tert-OH is 1. The minimum atomic E-state index is -0.364. The molecular formula is C13H20O2S. The Morgan fingerprint density at radius 3 is 2.56 bits per heavy atom. The van der Waals surface area contributed by atoms with Crippen LogP contribution in [0.1, 0.15) is 29.2 Å². The molecule has 0 spiro atoms. The van der Waals surface area contributed by atoms with Crippen molar-refractivity contribution in [2.45, 2.75) is 26.4 Å². The van der Waals surface area contributed by atoms with E-state index >= 15 is 0 Å². The van der Waals surface area contributed by atoms with E-state index in [0.717, 1.165) is 34.6 Å². The smallest absolute Gasteiger partial charge is 0.122 e. The maximum atomic E-state index is 10.1. The summed E-state index contributed by atoms with van der Waals surface area (Å²) in [5.74, 6) is 1.87. The van der Waals surface area contributed by atoms with Crippen LogP contribution in [0, 0.1) is 13.8 Å². The van der Waals surface area contributed by atoms with E-state index in [-0.39, 0.29) is 6.10 Å². The van der Waals surface area contributed by atoms with Crippen LogP contribution in [0.2, 0.25) is 0 Å². The Kier molecular flexibility index (Phi) is 5.16.